The monoisotopic (exact) mass is 164 g/mol. The van der Waals surface area contributed by atoms with Gasteiger partial charge in [-0.05, 0) is 0 Å². The quantitative estimate of drug-likeness (QED) is 0.578. The van der Waals surface area contributed by atoms with Crippen molar-refractivity contribution in [2.75, 3.05) is 13.2 Å². The molecule has 1 aliphatic rings. The molecule has 5 heteroatoms. The highest BCUT2D eigenvalue weighted by Crippen LogP contribution is 2.23. The number of hydrogen-bond donors (Lipinski definition) is 2. The molecule has 0 aromatic carbocycles. The molecule has 64 valence electrons. The minimum absolute atomic E-state index is 0.128. The summed E-state index contributed by atoms with van der Waals surface area (Å²) in [5.41, 5.74) is 2.99. The number of carbonyl (C=O) groups excluding carboxylic acids is 1. The van der Waals surface area contributed by atoms with Crippen molar-refractivity contribution in [3.63, 3.8) is 0 Å². The van der Waals surface area contributed by atoms with Crippen molar-refractivity contribution in [3.05, 3.63) is 0 Å². The number of nitrogens with one attached hydrogen (secondary N) is 1. The first kappa shape index (κ1) is 8.39. The maximum Gasteiger partial charge on any atom is 0.234 e. The van der Waals surface area contributed by atoms with E-state index in [0.29, 0.717) is 0 Å². The van der Waals surface area contributed by atoms with E-state index >= 15 is 0 Å². The third kappa shape index (κ3) is 1.65. The van der Waals surface area contributed by atoms with E-state index < -0.39 is 24.3 Å². The largest absolute Gasteiger partial charge is 0.368 e. The number of carbonyl (C=O) groups is 1. The Morgan fingerprint density at radius 3 is 2.73 bits per heavy atom. The third-order valence-electron chi connectivity index (χ3n) is 1.82. The molecule has 11 heavy (non-hydrogen) atoms. The number of primary amides is 1. The molecule has 0 radical (unpaired) electrons. The maximum absolute atomic E-state index is 13.0. The van der Waals surface area contributed by atoms with E-state index in [1.807, 2.05) is 0 Å². The number of halogens is 2. The first-order chi connectivity index (χ1) is 5.07. The molecule has 1 saturated heterocycles. The molecule has 0 aromatic heterocycles. The van der Waals surface area contributed by atoms with Crippen LogP contribution in [0.2, 0.25) is 0 Å². The Morgan fingerprint density at radius 1 is 1.82 bits per heavy atom. The van der Waals surface area contributed by atoms with Gasteiger partial charge in [-0.1, -0.05) is 0 Å². The van der Waals surface area contributed by atoms with E-state index in [2.05, 4.69) is 5.32 Å². The lowest BCUT2D eigenvalue weighted by molar-refractivity contribution is -0.119. The molecule has 2 atom stereocenters. The highest BCUT2D eigenvalue weighted by molar-refractivity contribution is 5.80. The molecule has 1 rings (SSSR count). The van der Waals surface area contributed by atoms with Gasteiger partial charge in [0.05, 0.1) is 6.04 Å². The first-order valence-electron chi connectivity index (χ1n) is 3.35. The van der Waals surface area contributed by atoms with Gasteiger partial charge in [0.25, 0.3) is 0 Å². The topological polar surface area (TPSA) is 55.1 Å². The number of rotatable bonds is 2. The minimum Gasteiger partial charge on any atom is -0.368 e. The predicted octanol–water partition coefficient (Wildman–Crippen LogP) is -0.489. The summed E-state index contributed by atoms with van der Waals surface area (Å²) < 4.78 is 25.0. The van der Waals surface area contributed by atoms with Crippen LogP contribution in [0.4, 0.5) is 8.78 Å². The molecule has 1 amide bonds. The van der Waals surface area contributed by atoms with Crippen molar-refractivity contribution in [3.8, 4) is 0 Å². The van der Waals surface area contributed by atoms with Crippen LogP contribution in [-0.4, -0.2) is 30.8 Å². The van der Waals surface area contributed by atoms with E-state index in [4.69, 9.17) is 5.73 Å². The van der Waals surface area contributed by atoms with Gasteiger partial charge in [-0.15, -0.1) is 0 Å². The standard InChI is InChI=1S/C6H10F2N2O/c7-2-6(8)1-4(5(9)11)10-3-6/h4,10H,1-3H2,(H2,9,11). The zero-order valence-electron chi connectivity index (χ0n) is 5.94. The fourth-order valence-electron chi connectivity index (χ4n) is 1.12. The van der Waals surface area contributed by atoms with Crippen LogP contribution in [0.1, 0.15) is 6.42 Å². The van der Waals surface area contributed by atoms with Crippen molar-refractivity contribution in [2.24, 2.45) is 5.73 Å². The summed E-state index contributed by atoms with van der Waals surface area (Å²) in [6.07, 6.45) is -0.154. The van der Waals surface area contributed by atoms with Crippen LogP contribution in [0.15, 0.2) is 0 Å². The van der Waals surface area contributed by atoms with Gasteiger partial charge < -0.3 is 11.1 Å². The fraction of sp³-hybridized carbons (Fsp3) is 0.833. The highest BCUT2D eigenvalue weighted by Gasteiger charge is 2.41. The van der Waals surface area contributed by atoms with Crippen molar-refractivity contribution in [1.29, 1.82) is 0 Å². The molecular formula is C6H10F2N2O. The number of alkyl halides is 2. The van der Waals surface area contributed by atoms with E-state index in [1.54, 1.807) is 0 Å². The van der Waals surface area contributed by atoms with E-state index in [1.165, 1.54) is 0 Å². The predicted molar refractivity (Wildman–Crippen MR) is 35.4 cm³/mol. The van der Waals surface area contributed by atoms with Gasteiger partial charge >= 0.3 is 0 Å². The molecule has 1 aliphatic heterocycles. The Bertz CT molecular complexity index is 176. The SMILES string of the molecule is NC(=O)C1CC(F)(CF)CN1. The van der Waals surface area contributed by atoms with Gasteiger partial charge in [0.2, 0.25) is 5.91 Å². The lowest BCUT2D eigenvalue weighted by atomic mass is 10.0. The number of amides is 1. The molecule has 2 unspecified atom stereocenters. The number of hydrogen-bond acceptors (Lipinski definition) is 2. The summed E-state index contributed by atoms with van der Waals surface area (Å²) in [5, 5.41) is 2.51. The molecule has 1 fully saturated rings. The van der Waals surface area contributed by atoms with Crippen LogP contribution in [0, 0.1) is 0 Å². The van der Waals surface area contributed by atoms with Gasteiger partial charge in [0.15, 0.2) is 5.67 Å². The summed E-state index contributed by atoms with van der Waals surface area (Å²) >= 11 is 0. The molecule has 0 bridgehead atoms. The van der Waals surface area contributed by atoms with Crippen molar-refractivity contribution in [1.82, 2.24) is 5.32 Å². The molecule has 0 spiro atoms. The summed E-state index contributed by atoms with van der Waals surface area (Å²) in [6.45, 7) is -1.19. The average molecular weight is 164 g/mol. The molecule has 0 aromatic rings. The van der Waals surface area contributed by atoms with Crippen LogP contribution >= 0.6 is 0 Å². The molecule has 3 N–H and O–H groups in total. The fourth-order valence-corrected chi connectivity index (χ4v) is 1.12. The van der Waals surface area contributed by atoms with E-state index in [9.17, 15) is 13.6 Å². The molecule has 0 saturated carbocycles. The smallest absolute Gasteiger partial charge is 0.234 e. The van der Waals surface area contributed by atoms with Crippen LogP contribution in [0.25, 0.3) is 0 Å². The Morgan fingerprint density at radius 2 is 2.45 bits per heavy atom. The van der Waals surface area contributed by atoms with Gasteiger partial charge in [-0.2, -0.15) is 0 Å². The van der Waals surface area contributed by atoms with Crippen LogP contribution < -0.4 is 11.1 Å². The van der Waals surface area contributed by atoms with Gasteiger partial charge in [0.1, 0.15) is 6.67 Å². The van der Waals surface area contributed by atoms with Gasteiger partial charge in [-0.25, -0.2) is 8.78 Å². The van der Waals surface area contributed by atoms with Crippen LogP contribution in [0.3, 0.4) is 0 Å². The molecule has 3 nitrogen and oxygen atoms in total. The number of nitrogens with two attached hydrogens (primary N) is 1. The van der Waals surface area contributed by atoms with Crippen LogP contribution in [0.5, 0.6) is 0 Å². The zero-order valence-corrected chi connectivity index (χ0v) is 5.94. The Kier molecular flexibility index (Phi) is 2.08. The zero-order chi connectivity index (χ0) is 8.48. The summed E-state index contributed by atoms with van der Waals surface area (Å²) in [6, 6.07) is -0.712. The Hall–Kier alpha value is -0.710. The van der Waals surface area contributed by atoms with Crippen molar-refractivity contribution < 1.29 is 13.6 Å². The second-order valence-electron chi connectivity index (χ2n) is 2.82. The molecule has 0 aliphatic carbocycles. The van der Waals surface area contributed by atoms with E-state index in [-0.39, 0.29) is 13.0 Å². The normalized spacial score (nSPS) is 37.5. The Labute approximate surface area is 62.9 Å². The second kappa shape index (κ2) is 2.73. The van der Waals surface area contributed by atoms with E-state index in [0.717, 1.165) is 0 Å². The van der Waals surface area contributed by atoms with Crippen molar-refractivity contribution >= 4 is 5.91 Å². The highest BCUT2D eigenvalue weighted by atomic mass is 19.2. The molecule has 1 heterocycles. The summed E-state index contributed by atoms with van der Waals surface area (Å²) in [4.78, 5) is 10.5. The maximum atomic E-state index is 13.0. The second-order valence-corrected chi connectivity index (χ2v) is 2.82. The third-order valence-corrected chi connectivity index (χ3v) is 1.82. The van der Waals surface area contributed by atoms with Gasteiger partial charge in [0, 0.05) is 13.0 Å². The average Bonchev–Trinajstić information content (AvgIpc) is 2.33. The molecular weight excluding hydrogens is 154 g/mol. The lowest BCUT2D eigenvalue weighted by Gasteiger charge is -2.11. The lowest BCUT2D eigenvalue weighted by Crippen LogP contribution is -2.36. The summed E-state index contributed by atoms with van der Waals surface area (Å²) in [7, 11) is 0. The summed E-state index contributed by atoms with van der Waals surface area (Å²) in [5.74, 6) is -0.627. The van der Waals surface area contributed by atoms with Crippen LogP contribution in [-0.2, 0) is 4.79 Å². The Balaban J connectivity index is 2.53. The minimum atomic E-state index is -1.89. The first-order valence-corrected chi connectivity index (χ1v) is 3.35. The van der Waals surface area contributed by atoms with Crippen molar-refractivity contribution in [2.45, 2.75) is 18.1 Å². The van der Waals surface area contributed by atoms with Gasteiger partial charge in [-0.3, -0.25) is 4.79 Å².